The predicted octanol–water partition coefficient (Wildman–Crippen LogP) is 8.97. The SMILES string of the molecule is Cc1ccc(Cc2csc(N3CCN(S(=O)(=O)c4ccc(F)cc4Cl)CC3)n2)cc1C.O=S(=O)(c1ccc(F)cc1Cl)N1CCN(c2nc(Cc3ccc(F)c(F)c3)cs2)CC1. The van der Waals surface area contributed by atoms with Crippen LogP contribution >= 0.6 is 45.9 Å². The monoisotopic (exact) mass is 966 g/mol. The van der Waals surface area contributed by atoms with Gasteiger partial charge in [0.1, 0.15) is 21.4 Å². The Hall–Kier alpha value is -4.14. The van der Waals surface area contributed by atoms with E-state index in [9.17, 15) is 34.4 Å². The Balaban J connectivity index is 0.000000186. The van der Waals surface area contributed by atoms with Gasteiger partial charge in [-0.05, 0) is 84.6 Å². The molecule has 0 radical (unpaired) electrons. The number of piperazine rings is 2. The van der Waals surface area contributed by atoms with Crippen LogP contribution in [0.2, 0.25) is 10.0 Å². The molecule has 0 unspecified atom stereocenters. The van der Waals surface area contributed by atoms with E-state index in [4.69, 9.17) is 28.2 Å². The number of hydrogen-bond acceptors (Lipinski definition) is 10. The second-order valence-corrected chi connectivity index (χ2v) is 21.0. The summed E-state index contributed by atoms with van der Waals surface area (Å²) in [4.78, 5) is 13.2. The second-order valence-electron chi connectivity index (χ2n) is 14.7. The third-order valence-corrected chi connectivity index (χ3v) is 17.1. The van der Waals surface area contributed by atoms with Gasteiger partial charge in [-0.1, -0.05) is 47.5 Å². The zero-order valence-electron chi connectivity index (χ0n) is 33.4. The highest BCUT2D eigenvalue weighted by molar-refractivity contribution is 7.89. The third-order valence-electron chi connectivity index (χ3n) is 10.4. The highest BCUT2D eigenvalue weighted by atomic mass is 35.5. The predicted molar refractivity (Wildman–Crippen MR) is 237 cm³/mol. The standard InChI is InChI=1S/C22H23ClFN3O2S2.C20H17ClF3N3O2S2/c1-15-3-4-17(11-16(15)2)12-19-14-30-22(25-19)26-7-9-27(10-8-26)31(28,29)21-6-5-18(24)13-20(21)23;21-16-11-14(22)2-4-19(16)31(28,29)27-7-5-26(6-8-27)20-25-15(12-30-20)9-13-1-3-17(23)18(24)10-13/h3-6,11,13-14H,7-10,12H2,1-2H3;1-4,10-12H,5-9H2. The molecule has 0 aliphatic carbocycles. The number of aryl methyl sites for hydroxylation is 2. The normalized spacial score (nSPS) is 15.4. The summed E-state index contributed by atoms with van der Waals surface area (Å²) in [5, 5.41) is 5.29. The largest absolute Gasteiger partial charge is 0.345 e. The number of anilines is 2. The Morgan fingerprint density at radius 1 is 0.548 bits per heavy atom. The fourth-order valence-corrected chi connectivity index (χ4v) is 12.5. The van der Waals surface area contributed by atoms with Crippen molar-refractivity contribution in [3.8, 4) is 0 Å². The summed E-state index contributed by atoms with van der Waals surface area (Å²) in [6, 6.07) is 16.8. The number of rotatable bonds is 10. The number of nitrogens with zero attached hydrogens (tertiary/aromatic N) is 6. The van der Waals surface area contributed by atoms with Crippen LogP contribution in [-0.4, -0.2) is 87.8 Å². The van der Waals surface area contributed by atoms with Crippen molar-refractivity contribution in [3.63, 3.8) is 0 Å². The molecule has 2 fully saturated rings. The first-order valence-corrected chi connectivity index (χ1v) is 24.7. The lowest BCUT2D eigenvalue weighted by Crippen LogP contribution is -2.48. The zero-order valence-corrected chi connectivity index (χ0v) is 38.1. The molecule has 0 saturated carbocycles. The minimum atomic E-state index is -3.83. The number of halogens is 6. The molecular formula is C42H40Cl2F4N6O4S4. The molecule has 2 aliphatic rings. The molecule has 0 N–H and O–H groups in total. The van der Waals surface area contributed by atoms with Gasteiger partial charge in [0.25, 0.3) is 0 Å². The topological polar surface area (TPSA) is 107 Å². The van der Waals surface area contributed by atoms with Crippen LogP contribution in [0.5, 0.6) is 0 Å². The van der Waals surface area contributed by atoms with Crippen LogP contribution in [0.4, 0.5) is 27.8 Å². The first-order valence-electron chi connectivity index (χ1n) is 19.3. The molecule has 328 valence electrons. The zero-order chi connectivity index (χ0) is 44.3. The molecule has 2 saturated heterocycles. The molecule has 4 heterocycles. The van der Waals surface area contributed by atoms with E-state index in [2.05, 4.69) is 47.3 Å². The van der Waals surface area contributed by atoms with Crippen LogP contribution in [0, 0.1) is 37.1 Å². The third kappa shape index (κ3) is 10.6. The lowest BCUT2D eigenvalue weighted by Gasteiger charge is -2.33. The molecule has 8 rings (SSSR count). The maximum atomic E-state index is 13.4. The van der Waals surface area contributed by atoms with Gasteiger partial charge in [0.15, 0.2) is 21.9 Å². The summed E-state index contributed by atoms with van der Waals surface area (Å²) in [6.45, 7) is 7.24. The number of hydrogen-bond donors (Lipinski definition) is 0. The van der Waals surface area contributed by atoms with E-state index in [0.717, 1.165) is 64.5 Å². The molecule has 2 aliphatic heterocycles. The van der Waals surface area contributed by atoms with Gasteiger partial charge < -0.3 is 9.80 Å². The highest BCUT2D eigenvalue weighted by Gasteiger charge is 2.32. The van der Waals surface area contributed by atoms with Gasteiger partial charge in [-0.2, -0.15) is 8.61 Å². The van der Waals surface area contributed by atoms with Crippen molar-refractivity contribution in [3.05, 3.63) is 151 Å². The second kappa shape index (κ2) is 19.3. The van der Waals surface area contributed by atoms with Crippen molar-refractivity contribution in [2.24, 2.45) is 0 Å². The van der Waals surface area contributed by atoms with Crippen LogP contribution in [0.1, 0.15) is 33.6 Å². The molecule has 0 amide bonds. The summed E-state index contributed by atoms with van der Waals surface area (Å²) >= 11 is 14.9. The smallest absolute Gasteiger partial charge is 0.244 e. The van der Waals surface area contributed by atoms with E-state index in [1.807, 2.05) is 10.3 Å². The lowest BCUT2D eigenvalue weighted by atomic mass is 10.0. The van der Waals surface area contributed by atoms with Gasteiger partial charge in [-0.15, -0.1) is 22.7 Å². The van der Waals surface area contributed by atoms with Crippen molar-refractivity contribution >= 4 is 76.2 Å². The molecule has 6 aromatic rings. The lowest BCUT2D eigenvalue weighted by molar-refractivity contribution is 0.384. The van der Waals surface area contributed by atoms with E-state index in [1.165, 1.54) is 54.8 Å². The number of sulfonamides is 2. The van der Waals surface area contributed by atoms with Gasteiger partial charge in [-0.3, -0.25) is 0 Å². The van der Waals surface area contributed by atoms with Gasteiger partial charge in [-0.25, -0.2) is 44.4 Å². The first-order chi connectivity index (χ1) is 29.5. The fourth-order valence-electron chi connectivity index (χ4n) is 6.91. The van der Waals surface area contributed by atoms with Crippen LogP contribution in [-0.2, 0) is 32.9 Å². The minimum Gasteiger partial charge on any atom is -0.345 e. The molecule has 0 bridgehead atoms. The van der Waals surface area contributed by atoms with Crippen LogP contribution in [0.15, 0.2) is 93.3 Å². The molecule has 2 aromatic heterocycles. The molecule has 4 aromatic carbocycles. The average Bonchev–Trinajstić information content (AvgIpc) is 3.91. The molecule has 10 nitrogen and oxygen atoms in total. The number of aromatic nitrogens is 2. The van der Waals surface area contributed by atoms with Crippen LogP contribution in [0.3, 0.4) is 0 Å². The summed E-state index contributed by atoms with van der Waals surface area (Å²) in [5.74, 6) is -2.95. The summed E-state index contributed by atoms with van der Waals surface area (Å²) in [7, 11) is -7.60. The Morgan fingerprint density at radius 2 is 0.984 bits per heavy atom. The van der Waals surface area contributed by atoms with Gasteiger partial charge >= 0.3 is 0 Å². The molecule has 0 spiro atoms. The molecule has 20 heteroatoms. The van der Waals surface area contributed by atoms with Crippen LogP contribution in [0.25, 0.3) is 0 Å². The average molecular weight is 968 g/mol. The number of benzene rings is 4. The van der Waals surface area contributed by atoms with E-state index in [0.29, 0.717) is 51.3 Å². The van der Waals surface area contributed by atoms with Crippen molar-refractivity contribution in [2.45, 2.75) is 36.5 Å². The highest BCUT2D eigenvalue weighted by Crippen LogP contribution is 2.31. The maximum absolute atomic E-state index is 13.4. The van der Waals surface area contributed by atoms with Crippen molar-refractivity contribution in [2.75, 3.05) is 62.2 Å². The summed E-state index contributed by atoms with van der Waals surface area (Å²) in [6.07, 6.45) is 1.14. The van der Waals surface area contributed by atoms with Crippen molar-refractivity contribution in [1.82, 2.24) is 18.6 Å². The van der Waals surface area contributed by atoms with Gasteiger partial charge in [0.05, 0.1) is 21.4 Å². The number of thiazole rings is 2. The quantitative estimate of drug-likeness (QED) is 0.125. The Labute approximate surface area is 376 Å². The fraction of sp³-hybridized carbons (Fsp3) is 0.286. The van der Waals surface area contributed by atoms with E-state index in [-0.39, 0.29) is 32.9 Å². The van der Waals surface area contributed by atoms with E-state index < -0.39 is 43.3 Å². The Bertz CT molecular complexity index is 2610. The molecular weight excluding hydrogens is 928 g/mol. The van der Waals surface area contributed by atoms with Gasteiger partial charge in [0.2, 0.25) is 20.0 Å². The molecule has 0 atom stereocenters. The summed E-state index contributed by atoms with van der Waals surface area (Å²) < 4.78 is 107. The van der Waals surface area contributed by atoms with Crippen molar-refractivity contribution in [1.29, 1.82) is 0 Å². The first kappa shape index (κ1) is 45.9. The Morgan fingerprint density at radius 3 is 1.40 bits per heavy atom. The van der Waals surface area contributed by atoms with Gasteiger partial charge in [0, 0.05) is 76.0 Å². The van der Waals surface area contributed by atoms with E-state index >= 15 is 0 Å². The Kier molecular flexibility index (Phi) is 14.3. The van der Waals surface area contributed by atoms with Crippen molar-refractivity contribution < 1.29 is 34.4 Å². The van der Waals surface area contributed by atoms with Crippen LogP contribution < -0.4 is 9.80 Å². The minimum absolute atomic E-state index is 0.0612. The molecule has 62 heavy (non-hydrogen) atoms. The maximum Gasteiger partial charge on any atom is 0.244 e. The van der Waals surface area contributed by atoms with E-state index in [1.54, 1.807) is 11.3 Å². The summed E-state index contributed by atoms with van der Waals surface area (Å²) in [5.41, 5.74) is 6.12.